The van der Waals surface area contributed by atoms with Gasteiger partial charge in [0.15, 0.2) is 11.6 Å². The molecule has 1 amide bonds. The molecule has 0 saturated carbocycles. The summed E-state index contributed by atoms with van der Waals surface area (Å²) >= 11 is 5.85. The summed E-state index contributed by atoms with van der Waals surface area (Å²) in [5.41, 5.74) is 1.75. The van der Waals surface area contributed by atoms with Crippen LogP contribution in [0.25, 0.3) is 0 Å². The zero-order valence-electron chi connectivity index (χ0n) is 13.1. The quantitative estimate of drug-likeness (QED) is 0.854. The molecule has 0 aliphatic carbocycles. The Morgan fingerprint density at radius 3 is 2.57 bits per heavy atom. The molecule has 0 aromatic heterocycles. The molecular formula is C18H19ClFNO2. The maximum atomic E-state index is 13.6. The van der Waals surface area contributed by atoms with Gasteiger partial charge in [-0.1, -0.05) is 29.8 Å². The number of carbonyl (C=O) groups is 1. The smallest absolute Gasteiger partial charge is 0.220 e. The van der Waals surface area contributed by atoms with Crippen molar-refractivity contribution in [1.82, 2.24) is 5.32 Å². The minimum Gasteiger partial charge on any atom is -0.494 e. The van der Waals surface area contributed by atoms with Crippen LogP contribution in [0.2, 0.25) is 5.02 Å². The van der Waals surface area contributed by atoms with Crippen molar-refractivity contribution in [3.8, 4) is 5.75 Å². The van der Waals surface area contributed by atoms with Gasteiger partial charge in [-0.15, -0.1) is 0 Å². The van der Waals surface area contributed by atoms with Crippen LogP contribution in [0.1, 0.15) is 30.5 Å². The second kappa shape index (κ2) is 7.97. The van der Waals surface area contributed by atoms with E-state index in [9.17, 15) is 9.18 Å². The molecule has 0 fully saturated rings. The van der Waals surface area contributed by atoms with E-state index < -0.39 is 5.82 Å². The largest absolute Gasteiger partial charge is 0.494 e. The molecule has 0 radical (unpaired) electrons. The van der Waals surface area contributed by atoms with E-state index in [-0.39, 0.29) is 17.7 Å². The van der Waals surface area contributed by atoms with Crippen molar-refractivity contribution in [1.29, 1.82) is 0 Å². The number of hydrogen-bond acceptors (Lipinski definition) is 2. The Bertz CT molecular complexity index is 673. The summed E-state index contributed by atoms with van der Waals surface area (Å²) < 4.78 is 18.5. The highest BCUT2D eigenvalue weighted by Gasteiger charge is 2.10. The van der Waals surface area contributed by atoms with Crippen molar-refractivity contribution in [2.45, 2.75) is 25.8 Å². The topological polar surface area (TPSA) is 38.3 Å². The molecule has 0 heterocycles. The van der Waals surface area contributed by atoms with Gasteiger partial charge in [0.1, 0.15) is 0 Å². The van der Waals surface area contributed by atoms with Crippen molar-refractivity contribution in [3.05, 3.63) is 64.4 Å². The fourth-order valence-corrected chi connectivity index (χ4v) is 2.40. The summed E-state index contributed by atoms with van der Waals surface area (Å²) in [6.45, 7) is 1.91. The summed E-state index contributed by atoms with van der Waals surface area (Å²) in [6, 6.07) is 12.0. The molecule has 1 N–H and O–H groups in total. The van der Waals surface area contributed by atoms with Gasteiger partial charge in [-0.25, -0.2) is 4.39 Å². The zero-order valence-corrected chi connectivity index (χ0v) is 13.9. The lowest BCUT2D eigenvalue weighted by Gasteiger charge is -2.14. The van der Waals surface area contributed by atoms with Crippen LogP contribution in [0, 0.1) is 5.82 Å². The van der Waals surface area contributed by atoms with Gasteiger partial charge in [-0.2, -0.15) is 0 Å². The van der Waals surface area contributed by atoms with Gasteiger partial charge in [-0.3, -0.25) is 4.79 Å². The van der Waals surface area contributed by atoms with E-state index >= 15 is 0 Å². The van der Waals surface area contributed by atoms with Crippen molar-refractivity contribution >= 4 is 17.5 Å². The number of benzene rings is 2. The molecule has 2 aromatic carbocycles. The third-order valence-corrected chi connectivity index (χ3v) is 3.86. The summed E-state index contributed by atoms with van der Waals surface area (Å²) in [4.78, 5) is 12.0. The average molecular weight is 336 g/mol. The normalized spacial score (nSPS) is 11.8. The summed E-state index contributed by atoms with van der Waals surface area (Å²) in [6.07, 6.45) is 0.768. The standard InChI is InChI=1S/C18H19ClFNO2/c1-12(14-5-7-15(19)8-6-14)21-18(22)10-4-13-3-9-17(23-2)16(20)11-13/h3,5-9,11-12H,4,10H2,1-2H3,(H,21,22). The summed E-state index contributed by atoms with van der Waals surface area (Å²) in [5.74, 6) is -0.293. The molecule has 0 spiro atoms. The molecule has 23 heavy (non-hydrogen) atoms. The first-order chi connectivity index (χ1) is 11.0. The van der Waals surface area contributed by atoms with Crippen LogP contribution in [0.4, 0.5) is 4.39 Å². The molecule has 1 unspecified atom stereocenters. The van der Waals surface area contributed by atoms with E-state index in [1.807, 2.05) is 19.1 Å². The van der Waals surface area contributed by atoms with Crippen LogP contribution >= 0.6 is 11.6 Å². The fourth-order valence-electron chi connectivity index (χ4n) is 2.27. The van der Waals surface area contributed by atoms with Crippen LogP contribution in [-0.4, -0.2) is 13.0 Å². The minimum absolute atomic E-state index is 0.0799. The molecule has 2 rings (SSSR count). The van der Waals surface area contributed by atoms with Crippen molar-refractivity contribution in [2.75, 3.05) is 7.11 Å². The number of methoxy groups -OCH3 is 1. The van der Waals surface area contributed by atoms with E-state index in [0.29, 0.717) is 17.9 Å². The van der Waals surface area contributed by atoms with Crippen LogP contribution in [0.3, 0.4) is 0 Å². The van der Waals surface area contributed by atoms with Gasteiger partial charge in [0.05, 0.1) is 13.2 Å². The van der Waals surface area contributed by atoms with Crippen LogP contribution < -0.4 is 10.1 Å². The van der Waals surface area contributed by atoms with E-state index in [1.165, 1.54) is 13.2 Å². The molecule has 0 aliphatic heterocycles. The fraction of sp³-hybridized carbons (Fsp3) is 0.278. The highest BCUT2D eigenvalue weighted by molar-refractivity contribution is 6.30. The Labute approximate surface area is 140 Å². The zero-order chi connectivity index (χ0) is 16.8. The Hall–Kier alpha value is -2.07. The molecule has 0 bridgehead atoms. The summed E-state index contributed by atoms with van der Waals surface area (Å²) in [7, 11) is 1.42. The number of aryl methyl sites for hydroxylation is 1. The highest BCUT2D eigenvalue weighted by Crippen LogP contribution is 2.19. The molecule has 2 aromatic rings. The monoisotopic (exact) mass is 335 g/mol. The molecule has 122 valence electrons. The lowest BCUT2D eigenvalue weighted by molar-refractivity contribution is -0.121. The molecule has 5 heteroatoms. The third kappa shape index (κ3) is 4.96. The first-order valence-electron chi connectivity index (χ1n) is 7.37. The van der Waals surface area contributed by atoms with Crippen molar-refractivity contribution in [2.24, 2.45) is 0 Å². The third-order valence-electron chi connectivity index (χ3n) is 3.60. The Morgan fingerprint density at radius 2 is 1.96 bits per heavy atom. The number of nitrogens with one attached hydrogen (secondary N) is 1. The van der Waals surface area contributed by atoms with Crippen LogP contribution in [0.5, 0.6) is 5.75 Å². The van der Waals surface area contributed by atoms with E-state index in [4.69, 9.17) is 16.3 Å². The van der Waals surface area contributed by atoms with Crippen LogP contribution in [0.15, 0.2) is 42.5 Å². The molecule has 1 atom stereocenters. The van der Waals surface area contributed by atoms with Gasteiger partial charge >= 0.3 is 0 Å². The molecular weight excluding hydrogens is 317 g/mol. The first kappa shape index (κ1) is 17.3. The van der Waals surface area contributed by atoms with Gasteiger partial charge < -0.3 is 10.1 Å². The predicted molar refractivity (Wildman–Crippen MR) is 89.3 cm³/mol. The minimum atomic E-state index is -0.417. The highest BCUT2D eigenvalue weighted by atomic mass is 35.5. The lowest BCUT2D eigenvalue weighted by atomic mass is 10.1. The second-order valence-corrected chi connectivity index (χ2v) is 5.75. The maximum absolute atomic E-state index is 13.6. The Morgan fingerprint density at radius 1 is 1.26 bits per heavy atom. The number of amides is 1. The molecule has 3 nitrogen and oxygen atoms in total. The van der Waals surface area contributed by atoms with Crippen molar-refractivity contribution in [3.63, 3.8) is 0 Å². The lowest BCUT2D eigenvalue weighted by Crippen LogP contribution is -2.26. The number of halogens is 2. The molecule has 0 aliphatic rings. The average Bonchev–Trinajstić information content (AvgIpc) is 2.53. The second-order valence-electron chi connectivity index (χ2n) is 5.31. The number of rotatable bonds is 6. The number of carbonyl (C=O) groups excluding carboxylic acids is 1. The SMILES string of the molecule is COc1ccc(CCC(=O)NC(C)c2ccc(Cl)cc2)cc1F. The van der Waals surface area contributed by atoms with E-state index in [2.05, 4.69) is 5.32 Å². The van der Waals surface area contributed by atoms with Gasteiger partial charge in [0.25, 0.3) is 0 Å². The number of hydrogen-bond donors (Lipinski definition) is 1. The van der Waals surface area contributed by atoms with Crippen molar-refractivity contribution < 1.29 is 13.9 Å². The molecule has 0 saturated heterocycles. The van der Waals surface area contributed by atoms with Gasteiger partial charge in [-0.05, 0) is 48.7 Å². The van der Waals surface area contributed by atoms with E-state index in [0.717, 1.165) is 11.1 Å². The predicted octanol–water partition coefficient (Wildman–Crippen LogP) is 4.30. The van der Waals surface area contributed by atoms with Gasteiger partial charge in [0.2, 0.25) is 5.91 Å². The van der Waals surface area contributed by atoms with E-state index in [1.54, 1.807) is 24.3 Å². The Balaban J connectivity index is 1.87. The van der Waals surface area contributed by atoms with Gasteiger partial charge in [0, 0.05) is 11.4 Å². The maximum Gasteiger partial charge on any atom is 0.220 e. The van der Waals surface area contributed by atoms with Crippen LogP contribution in [-0.2, 0) is 11.2 Å². The summed E-state index contributed by atoms with van der Waals surface area (Å²) in [5, 5.41) is 3.58. The Kier molecular flexibility index (Phi) is 5.99. The number of ether oxygens (including phenoxy) is 1. The first-order valence-corrected chi connectivity index (χ1v) is 7.74.